The lowest BCUT2D eigenvalue weighted by molar-refractivity contribution is -0.113. The number of halogens is 1. The molecule has 1 aromatic heterocycles. The van der Waals surface area contributed by atoms with Crippen LogP contribution in [0.4, 0.5) is 5.69 Å². The second-order valence-electron chi connectivity index (χ2n) is 7.36. The molecule has 1 amide bonds. The zero-order valence-corrected chi connectivity index (χ0v) is 18.5. The van der Waals surface area contributed by atoms with E-state index >= 15 is 0 Å². The molecule has 4 aromatic rings. The number of anilines is 1. The van der Waals surface area contributed by atoms with Crippen molar-refractivity contribution in [1.29, 1.82) is 0 Å². The van der Waals surface area contributed by atoms with E-state index in [1.165, 1.54) is 0 Å². The molecule has 32 heavy (non-hydrogen) atoms. The highest BCUT2D eigenvalue weighted by atomic mass is 79.9. The van der Waals surface area contributed by atoms with E-state index in [2.05, 4.69) is 15.9 Å². The van der Waals surface area contributed by atoms with Gasteiger partial charge in [0, 0.05) is 21.7 Å². The Morgan fingerprint density at radius 2 is 1.62 bits per heavy atom. The molecular formula is C27H18BrNO3. The third-order valence-electron chi connectivity index (χ3n) is 5.19. The van der Waals surface area contributed by atoms with Crippen LogP contribution in [0.3, 0.4) is 0 Å². The van der Waals surface area contributed by atoms with Crippen LogP contribution in [0, 0.1) is 0 Å². The van der Waals surface area contributed by atoms with Crippen LogP contribution < -0.4 is 4.90 Å². The fourth-order valence-electron chi connectivity index (χ4n) is 3.68. The molecule has 1 aliphatic heterocycles. The van der Waals surface area contributed by atoms with E-state index in [1.807, 2.05) is 72.8 Å². The smallest absolute Gasteiger partial charge is 0.263 e. The first kappa shape index (κ1) is 20.1. The minimum Gasteiger partial charge on any atom is -0.508 e. The van der Waals surface area contributed by atoms with Gasteiger partial charge in [-0.2, -0.15) is 0 Å². The van der Waals surface area contributed by atoms with Crippen molar-refractivity contribution >= 4 is 39.3 Å². The Hall–Kier alpha value is -3.83. The molecule has 0 bridgehead atoms. The summed E-state index contributed by atoms with van der Waals surface area (Å²) in [4.78, 5) is 15.0. The molecule has 4 nitrogen and oxygen atoms in total. The number of furan rings is 1. The Morgan fingerprint density at radius 1 is 0.844 bits per heavy atom. The Balaban J connectivity index is 1.54. The maximum absolute atomic E-state index is 13.4. The second kappa shape index (κ2) is 8.36. The van der Waals surface area contributed by atoms with E-state index in [-0.39, 0.29) is 11.7 Å². The molecule has 0 fully saturated rings. The highest BCUT2D eigenvalue weighted by molar-refractivity contribution is 9.10. The molecule has 156 valence electrons. The van der Waals surface area contributed by atoms with Crippen molar-refractivity contribution in [1.82, 2.24) is 0 Å². The largest absolute Gasteiger partial charge is 0.508 e. The number of benzene rings is 3. The Labute approximate surface area is 193 Å². The molecule has 1 N–H and O–H groups in total. The van der Waals surface area contributed by atoms with Gasteiger partial charge >= 0.3 is 0 Å². The number of phenols is 1. The average Bonchev–Trinajstić information content (AvgIpc) is 3.40. The number of nitrogens with zero attached hydrogens (tertiary/aromatic N) is 1. The van der Waals surface area contributed by atoms with Gasteiger partial charge in [0.15, 0.2) is 0 Å². The van der Waals surface area contributed by atoms with Gasteiger partial charge in [-0.25, -0.2) is 0 Å². The second-order valence-corrected chi connectivity index (χ2v) is 8.28. The molecule has 0 aliphatic carbocycles. The van der Waals surface area contributed by atoms with Crippen molar-refractivity contribution in [3.05, 3.63) is 118 Å². The Kier molecular flexibility index (Phi) is 5.25. The van der Waals surface area contributed by atoms with Crippen molar-refractivity contribution in [3.8, 4) is 17.1 Å². The van der Waals surface area contributed by atoms with E-state index in [0.717, 1.165) is 27.1 Å². The molecule has 0 saturated carbocycles. The third kappa shape index (κ3) is 3.90. The zero-order valence-electron chi connectivity index (χ0n) is 16.9. The predicted molar refractivity (Wildman–Crippen MR) is 130 cm³/mol. The topological polar surface area (TPSA) is 53.7 Å². The van der Waals surface area contributed by atoms with E-state index in [9.17, 15) is 9.90 Å². The van der Waals surface area contributed by atoms with Crippen LogP contribution in [0.1, 0.15) is 11.3 Å². The van der Waals surface area contributed by atoms with Gasteiger partial charge in [0.1, 0.15) is 17.3 Å². The third-order valence-corrected chi connectivity index (χ3v) is 5.72. The molecule has 0 saturated heterocycles. The summed E-state index contributed by atoms with van der Waals surface area (Å²) in [7, 11) is 0. The van der Waals surface area contributed by atoms with E-state index in [4.69, 9.17) is 4.42 Å². The van der Waals surface area contributed by atoms with Gasteiger partial charge in [-0.05, 0) is 54.1 Å². The molecule has 0 radical (unpaired) electrons. The number of hydrogen-bond donors (Lipinski definition) is 1. The molecule has 5 heteroatoms. The summed E-state index contributed by atoms with van der Waals surface area (Å²) in [6.45, 7) is 0. The fraction of sp³-hybridized carbons (Fsp3) is 0. The first-order valence-corrected chi connectivity index (χ1v) is 10.9. The molecule has 0 atom stereocenters. The van der Waals surface area contributed by atoms with Crippen LogP contribution in [0.25, 0.3) is 23.1 Å². The molecule has 2 heterocycles. The summed E-state index contributed by atoms with van der Waals surface area (Å²) in [5, 5.41) is 9.96. The quantitative estimate of drug-likeness (QED) is 0.321. The predicted octanol–water partition coefficient (Wildman–Crippen LogP) is 6.89. The minimum absolute atomic E-state index is 0.102. The van der Waals surface area contributed by atoms with E-state index in [1.54, 1.807) is 35.2 Å². The first-order chi connectivity index (χ1) is 15.6. The molecule has 5 rings (SSSR count). The average molecular weight is 484 g/mol. The van der Waals surface area contributed by atoms with Crippen LogP contribution in [-0.2, 0) is 4.79 Å². The van der Waals surface area contributed by atoms with Crippen LogP contribution in [0.5, 0.6) is 5.75 Å². The van der Waals surface area contributed by atoms with Crippen LogP contribution in [0.15, 0.2) is 112 Å². The highest BCUT2D eigenvalue weighted by Crippen LogP contribution is 2.36. The number of carbonyl (C=O) groups excluding carboxylic acids is 1. The van der Waals surface area contributed by atoms with Crippen molar-refractivity contribution in [2.24, 2.45) is 0 Å². The van der Waals surface area contributed by atoms with Crippen molar-refractivity contribution in [3.63, 3.8) is 0 Å². The van der Waals surface area contributed by atoms with Crippen molar-refractivity contribution < 1.29 is 14.3 Å². The first-order valence-electron chi connectivity index (χ1n) is 10.1. The van der Waals surface area contributed by atoms with Crippen LogP contribution in [0.2, 0.25) is 0 Å². The van der Waals surface area contributed by atoms with Gasteiger partial charge in [0.25, 0.3) is 5.91 Å². The maximum Gasteiger partial charge on any atom is 0.263 e. The molecule has 0 unspecified atom stereocenters. The molecular weight excluding hydrogens is 466 g/mol. The van der Waals surface area contributed by atoms with Gasteiger partial charge < -0.3 is 9.52 Å². The monoisotopic (exact) mass is 483 g/mol. The Bertz CT molecular complexity index is 1350. The van der Waals surface area contributed by atoms with Gasteiger partial charge in [-0.1, -0.05) is 64.5 Å². The summed E-state index contributed by atoms with van der Waals surface area (Å²) in [5.41, 5.74) is 3.71. The maximum atomic E-state index is 13.4. The normalized spacial score (nSPS) is 14.8. The van der Waals surface area contributed by atoms with E-state index < -0.39 is 0 Å². The van der Waals surface area contributed by atoms with E-state index in [0.29, 0.717) is 17.0 Å². The number of amides is 1. The summed E-state index contributed by atoms with van der Waals surface area (Å²) >= 11 is 3.44. The van der Waals surface area contributed by atoms with Crippen molar-refractivity contribution in [2.45, 2.75) is 0 Å². The number of carbonyl (C=O) groups is 1. The van der Waals surface area contributed by atoms with Gasteiger partial charge in [-0.15, -0.1) is 0 Å². The summed E-state index contributed by atoms with van der Waals surface area (Å²) in [6, 6.07) is 28.0. The lowest BCUT2D eigenvalue weighted by Gasteiger charge is -2.21. The summed E-state index contributed by atoms with van der Waals surface area (Å²) in [5.74, 6) is 1.24. The molecule has 3 aromatic carbocycles. The SMILES string of the molecule is O=C1C(=Cc2ccc(-c3ccc(Br)cc3)o2)C=C(c2ccccc2)N1c1cccc(O)c1. The van der Waals surface area contributed by atoms with Crippen LogP contribution in [-0.4, -0.2) is 11.0 Å². The van der Waals surface area contributed by atoms with Gasteiger partial charge in [0.2, 0.25) is 0 Å². The highest BCUT2D eigenvalue weighted by Gasteiger charge is 2.30. The summed E-state index contributed by atoms with van der Waals surface area (Å²) < 4.78 is 6.99. The minimum atomic E-state index is -0.184. The number of phenolic OH excluding ortho intramolecular Hbond substituents is 1. The standard InChI is InChI=1S/C27H18BrNO3/c28-21-11-9-19(10-12-21)26-14-13-24(32-26)15-20-16-25(18-5-2-1-3-6-18)29(27(20)31)22-7-4-8-23(30)17-22/h1-17,30H. The fourth-order valence-corrected chi connectivity index (χ4v) is 3.94. The van der Waals surface area contributed by atoms with Crippen molar-refractivity contribution in [2.75, 3.05) is 4.90 Å². The van der Waals surface area contributed by atoms with Crippen LogP contribution >= 0.6 is 15.9 Å². The lowest BCUT2D eigenvalue weighted by atomic mass is 10.1. The lowest BCUT2D eigenvalue weighted by Crippen LogP contribution is -2.24. The summed E-state index contributed by atoms with van der Waals surface area (Å²) in [6.07, 6.45) is 3.60. The molecule has 0 spiro atoms. The Morgan fingerprint density at radius 3 is 2.38 bits per heavy atom. The number of hydrogen-bond acceptors (Lipinski definition) is 3. The van der Waals surface area contributed by atoms with Gasteiger partial charge in [-0.3, -0.25) is 9.69 Å². The number of aromatic hydroxyl groups is 1. The number of rotatable bonds is 4. The molecule has 1 aliphatic rings. The zero-order chi connectivity index (χ0) is 22.1. The van der Waals surface area contributed by atoms with Gasteiger partial charge in [0.05, 0.1) is 11.4 Å².